The number of ether oxygens (including phenoxy) is 2. The number of aryl methyl sites for hydroxylation is 1. The SMILES string of the molecule is CCN(Cc1ccc2c(c1)OCCO2)S(=O)(=O)c1cnn(C)c1. The first-order valence-corrected chi connectivity index (χ1v) is 8.82. The van der Waals surface area contributed by atoms with Crippen LogP contribution in [0.3, 0.4) is 0 Å². The molecule has 0 spiro atoms. The second kappa shape index (κ2) is 6.21. The van der Waals surface area contributed by atoms with Crippen molar-refractivity contribution in [2.24, 2.45) is 7.05 Å². The van der Waals surface area contributed by atoms with Gasteiger partial charge in [-0.2, -0.15) is 9.40 Å². The van der Waals surface area contributed by atoms with Gasteiger partial charge in [-0.3, -0.25) is 4.68 Å². The molecule has 3 rings (SSSR count). The van der Waals surface area contributed by atoms with E-state index >= 15 is 0 Å². The maximum atomic E-state index is 12.7. The third-order valence-corrected chi connectivity index (χ3v) is 5.51. The van der Waals surface area contributed by atoms with Gasteiger partial charge < -0.3 is 9.47 Å². The number of hydrogen-bond acceptors (Lipinski definition) is 5. The summed E-state index contributed by atoms with van der Waals surface area (Å²) < 4.78 is 39.3. The first-order chi connectivity index (χ1) is 11.0. The van der Waals surface area contributed by atoms with Gasteiger partial charge in [-0.15, -0.1) is 0 Å². The molecule has 0 amide bonds. The van der Waals surface area contributed by atoms with Crippen molar-refractivity contribution in [1.82, 2.24) is 14.1 Å². The Morgan fingerprint density at radius 3 is 2.65 bits per heavy atom. The van der Waals surface area contributed by atoms with Crippen molar-refractivity contribution >= 4 is 10.0 Å². The molecule has 0 aliphatic carbocycles. The summed E-state index contributed by atoms with van der Waals surface area (Å²) in [4.78, 5) is 0.194. The second-order valence-corrected chi connectivity index (χ2v) is 7.20. The van der Waals surface area contributed by atoms with Crippen LogP contribution in [0.5, 0.6) is 11.5 Å². The van der Waals surface area contributed by atoms with E-state index in [-0.39, 0.29) is 11.4 Å². The molecule has 0 saturated carbocycles. The van der Waals surface area contributed by atoms with E-state index in [0.717, 1.165) is 5.56 Å². The molecule has 0 saturated heterocycles. The Hall–Kier alpha value is -2.06. The van der Waals surface area contributed by atoms with Gasteiger partial charge in [-0.05, 0) is 17.7 Å². The minimum atomic E-state index is -3.57. The Morgan fingerprint density at radius 1 is 1.26 bits per heavy atom. The molecular weight excluding hydrogens is 318 g/mol. The van der Waals surface area contributed by atoms with Crippen LogP contribution in [-0.2, 0) is 23.6 Å². The van der Waals surface area contributed by atoms with Gasteiger partial charge in [-0.25, -0.2) is 8.42 Å². The molecule has 23 heavy (non-hydrogen) atoms. The minimum absolute atomic E-state index is 0.194. The Labute approximate surface area is 135 Å². The Bertz CT molecular complexity index is 801. The molecule has 1 aromatic carbocycles. The molecule has 1 aliphatic rings. The fourth-order valence-electron chi connectivity index (χ4n) is 2.44. The van der Waals surface area contributed by atoms with Crippen molar-refractivity contribution in [3.05, 3.63) is 36.2 Å². The number of fused-ring (bicyclic) bond motifs is 1. The van der Waals surface area contributed by atoms with Gasteiger partial charge in [0.1, 0.15) is 18.1 Å². The number of hydrogen-bond donors (Lipinski definition) is 0. The Balaban J connectivity index is 1.85. The van der Waals surface area contributed by atoms with Gasteiger partial charge in [0.2, 0.25) is 10.0 Å². The first kappa shape index (κ1) is 15.8. The minimum Gasteiger partial charge on any atom is -0.486 e. The summed E-state index contributed by atoms with van der Waals surface area (Å²) in [5.41, 5.74) is 0.851. The quantitative estimate of drug-likeness (QED) is 0.824. The van der Waals surface area contributed by atoms with Crippen LogP contribution in [0.25, 0.3) is 0 Å². The molecular formula is C15H19N3O4S. The number of aromatic nitrogens is 2. The van der Waals surface area contributed by atoms with E-state index in [2.05, 4.69) is 5.10 Å². The van der Waals surface area contributed by atoms with E-state index in [1.807, 2.05) is 25.1 Å². The number of benzene rings is 1. The zero-order valence-corrected chi connectivity index (χ0v) is 13.9. The molecule has 2 heterocycles. The highest BCUT2D eigenvalue weighted by atomic mass is 32.2. The fourth-order valence-corrected chi connectivity index (χ4v) is 3.86. The maximum absolute atomic E-state index is 12.7. The Kier molecular flexibility index (Phi) is 4.27. The summed E-state index contributed by atoms with van der Waals surface area (Å²) in [6, 6.07) is 5.50. The van der Waals surface area contributed by atoms with Crippen LogP contribution in [0, 0.1) is 0 Å². The van der Waals surface area contributed by atoms with Crippen molar-refractivity contribution in [1.29, 1.82) is 0 Å². The smallest absolute Gasteiger partial charge is 0.246 e. The standard InChI is InChI=1S/C15H19N3O4S/c1-3-18(23(19,20)13-9-16-17(2)11-13)10-12-4-5-14-15(8-12)22-7-6-21-14/h4-5,8-9,11H,3,6-7,10H2,1-2H3. The van der Waals surface area contributed by atoms with Crippen LogP contribution in [0.15, 0.2) is 35.5 Å². The number of rotatable bonds is 5. The van der Waals surface area contributed by atoms with Crippen LogP contribution in [-0.4, -0.2) is 42.3 Å². The summed E-state index contributed by atoms with van der Waals surface area (Å²) in [5, 5.41) is 3.94. The van der Waals surface area contributed by atoms with Gasteiger partial charge >= 0.3 is 0 Å². The average molecular weight is 337 g/mol. The van der Waals surface area contributed by atoms with Crippen molar-refractivity contribution in [3.8, 4) is 11.5 Å². The van der Waals surface area contributed by atoms with Crippen molar-refractivity contribution in [2.45, 2.75) is 18.4 Å². The van der Waals surface area contributed by atoms with Crippen LogP contribution >= 0.6 is 0 Å². The van der Waals surface area contributed by atoms with Gasteiger partial charge in [-0.1, -0.05) is 13.0 Å². The van der Waals surface area contributed by atoms with Gasteiger partial charge in [0, 0.05) is 26.3 Å². The van der Waals surface area contributed by atoms with Crippen LogP contribution < -0.4 is 9.47 Å². The largest absolute Gasteiger partial charge is 0.486 e. The Morgan fingerprint density at radius 2 is 2.00 bits per heavy atom. The normalized spacial score (nSPS) is 14.2. The van der Waals surface area contributed by atoms with E-state index in [9.17, 15) is 8.42 Å². The molecule has 0 N–H and O–H groups in total. The molecule has 2 aromatic rings. The van der Waals surface area contributed by atoms with Crippen LogP contribution in [0.4, 0.5) is 0 Å². The lowest BCUT2D eigenvalue weighted by atomic mass is 10.2. The molecule has 8 heteroatoms. The zero-order valence-electron chi connectivity index (χ0n) is 13.1. The molecule has 7 nitrogen and oxygen atoms in total. The number of nitrogens with zero attached hydrogens (tertiary/aromatic N) is 3. The third-order valence-electron chi connectivity index (χ3n) is 3.64. The van der Waals surface area contributed by atoms with Gasteiger partial charge in [0.15, 0.2) is 11.5 Å². The topological polar surface area (TPSA) is 73.7 Å². The predicted molar refractivity (Wildman–Crippen MR) is 83.9 cm³/mol. The van der Waals surface area contributed by atoms with Gasteiger partial charge in [0.25, 0.3) is 0 Å². The summed E-state index contributed by atoms with van der Waals surface area (Å²) >= 11 is 0. The number of sulfonamides is 1. The van der Waals surface area contributed by atoms with Crippen LogP contribution in [0.2, 0.25) is 0 Å². The molecule has 0 unspecified atom stereocenters. The monoisotopic (exact) mass is 337 g/mol. The molecule has 0 atom stereocenters. The lowest BCUT2D eigenvalue weighted by molar-refractivity contribution is 0.171. The highest BCUT2D eigenvalue weighted by Gasteiger charge is 2.25. The summed E-state index contributed by atoms with van der Waals surface area (Å²) in [7, 11) is -1.88. The van der Waals surface area contributed by atoms with Crippen molar-refractivity contribution < 1.29 is 17.9 Å². The highest BCUT2D eigenvalue weighted by Crippen LogP contribution is 2.31. The summed E-state index contributed by atoms with van der Waals surface area (Å²) in [5.74, 6) is 1.35. The second-order valence-electron chi connectivity index (χ2n) is 5.26. The zero-order chi connectivity index (χ0) is 16.4. The van der Waals surface area contributed by atoms with Crippen molar-refractivity contribution in [3.63, 3.8) is 0 Å². The summed E-state index contributed by atoms with van der Waals surface area (Å²) in [6.07, 6.45) is 2.86. The molecule has 1 aliphatic heterocycles. The predicted octanol–water partition coefficient (Wildman–Crippen LogP) is 1.40. The summed E-state index contributed by atoms with van der Waals surface area (Å²) in [6.45, 7) is 3.48. The molecule has 124 valence electrons. The van der Waals surface area contributed by atoms with E-state index in [0.29, 0.717) is 31.3 Å². The van der Waals surface area contributed by atoms with E-state index in [1.54, 1.807) is 7.05 Å². The van der Waals surface area contributed by atoms with E-state index < -0.39 is 10.0 Å². The molecule has 0 radical (unpaired) electrons. The lowest BCUT2D eigenvalue weighted by Crippen LogP contribution is -2.30. The maximum Gasteiger partial charge on any atom is 0.246 e. The van der Waals surface area contributed by atoms with Crippen LogP contribution in [0.1, 0.15) is 12.5 Å². The molecule has 0 fully saturated rings. The fraction of sp³-hybridized carbons (Fsp3) is 0.400. The third kappa shape index (κ3) is 3.18. The lowest BCUT2D eigenvalue weighted by Gasteiger charge is -2.22. The van der Waals surface area contributed by atoms with Crippen molar-refractivity contribution in [2.75, 3.05) is 19.8 Å². The first-order valence-electron chi connectivity index (χ1n) is 7.38. The van der Waals surface area contributed by atoms with Gasteiger partial charge in [0.05, 0.1) is 6.20 Å². The average Bonchev–Trinajstić information content (AvgIpc) is 2.99. The van der Waals surface area contributed by atoms with E-state index in [1.165, 1.54) is 21.4 Å². The molecule has 1 aromatic heterocycles. The highest BCUT2D eigenvalue weighted by molar-refractivity contribution is 7.89. The van der Waals surface area contributed by atoms with E-state index in [4.69, 9.17) is 9.47 Å². The molecule has 0 bridgehead atoms.